The molecule has 0 spiro atoms. The van der Waals surface area contributed by atoms with Crippen LogP contribution in [0.4, 0.5) is 31.1 Å². The lowest BCUT2D eigenvalue weighted by Gasteiger charge is -2.51. The number of ether oxygens (including phenoxy) is 1. The first-order valence-corrected chi connectivity index (χ1v) is 13.1. The van der Waals surface area contributed by atoms with Crippen LogP contribution >= 0.6 is 0 Å². The van der Waals surface area contributed by atoms with Gasteiger partial charge < -0.3 is 20.3 Å². The maximum absolute atomic E-state index is 13.4. The molecule has 0 aromatic heterocycles. The zero-order chi connectivity index (χ0) is 31.4. The molecule has 3 amide bonds. The van der Waals surface area contributed by atoms with Crippen molar-refractivity contribution in [2.75, 3.05) is 19.6 Å². The number of rotatable bonds is 4. The highest BCUT2D eigenvalue weighted by Crippen LogP contribution is 2.39. The summed E-state index contributed by atoms with van der Waals surface area (Å²) in [4.78, 5) is 42.7. The van der Waals surface area contributed by atoms with E-state index in [-0.39, 0.29) is 43.9 Å². The van der Waals surface area contributed by atoms with Crippen LogP contribution in [0.15, 0.2) is 42.5 Å². The molecule has 14 heteroatoms. The molecule has 42 heavy (non-hydrogen) atoms. The fourth-order valence-electron chi connectivity index (χ4n) is 4.91. The van der Waals surface area contributed by atoms with E-state index in [0.29, 0.717) is 6.07 Å². The summed E-state index contributed by atoms with van der Waals surface area (Å²) in [6.07, 6.45) is -12.2. The molecule has 8 nitrogen and oxygen atoms in total. The quantitative estimate of drug-likeness (QED) is 0.501. The third-order valence-electron chi connectivity index (χ3n) is 6.96. The van der Waals surface area contributed by atoms with Gasteiger partial charge in [-0.15, -0.1) is 0 Å². The zero-order valence-electron chi connectivity index (χ0n) is 23.3. The summed E-state index contributed by atoms with van der Waals surface area (Å²) in [7, 11) is 0. The van der Waals surface area contributed by atoms with Gasteiger partial charge in [0.05, 0.1) is 17.7 Å². The molecule has 2 fully saturated rings. The van der Waals surface area contributed by atoms with Gasteiger partial charge in [0.1, 0.15) is 18.8 Å². The largest absolute Gasteiger partial charge is 0.444 e. The van der Waals surface area contributed by atoms with Gasteiger partial charge in [-0.1, -0.05) is 37.3 Å². The molecule has 2 saturated heterocycles. The van der Waals surface area contributed by atoms with Crippen LogP contribution in [0.2, 0.25) is 0 Å². The lowest BCUT2D eigenvalue weighted by atomic mass is 9.98. The molecule has 0 aliphatic carbocycles. The van der Waals surface area contributed by atoms with E-state index in [1.807, 2.05) is 25.1 Å². The Labute approximate surface area is 239 Å². The molecule has 4 rings (SSSR count). The normalized spacial score (nSPS) is 19.2. The smallest absolute Gasteiger partial charge is 0.416 e. The van der Waals surface area contributed by atoms with Crippen molar-refractivity contribution in [1.82, 2.24) is 14.7 Å². The highest BCUT2D eigenvalue weighted by molar-refractivity contribution is 5.90. The molecule has 2 aromatic carbocycles. The second-order valence-corrected chi connectivity index (χ2v) is 9.87. The first kappa shape index (κ1) is 32.7. The number of hydrogen-bond acceptors (Lipinski definition) is 5. The van der Waals surface area contributed by atoms with Crippen LogP contribution in [0.3, 0.4) is 0 Å². The molecule has 0 saturated carbocycles. The summed E-state index contributed by atoms with van der Waals surface area (Å²) < 4.78 is 85.3. The van der Waals surface area contributed by atoms with E-state index in [4.69, 9.17) is 10.5 Å². The summed E-state index contributed by atoms with van der Waals surface area (Å²) >= 11 is 0. The number of alkyl halides is 6. The Kier molecular flexibility index (Phi) is 10.1. The number of carbonyl (C=O) groups excluding carboxylic acids is 3. The van der Waals surface area contributed by atoms with Gasteiger partial charge in [-0.3, -0.25) is 14.5 Å². The molecule has 0 bridgehead atoms. The minimum Gasteiger partial charge on any atom is -0.444 e. The monoisotopic (exact) mass is 602 g/mol. The Morgan fingerprint density at radius 3 is 2.24 bits per heavy atom. The third kappa shape index (κ3) is 7.33. The van der Waals surface area contributed by atoms with Crippen LogP contribution in [-0.4, -0.2) is 64.4 Å². The van der Waals surface area contributed by atoms with Crippen molar-refractivity contribution >= 4 is 17.9 Å². The molecule has 2 aliphatic heterocycles. The highest BCUT2D eigenvalue weighted by atomic mass is 19.4. The SMILES string of the molecule is CCN.Cc1c(COC(=O)N2CCC(=O)N3C2CN(Cc2ccccc2)C(=O)[C@@H]3C)cc(C(F)(F)F)cc1C(F)(F)F. The van der Waals surface area contributed by atoms with E-state index in [1.54, 1.807) is 12.1 Å². The van der Waals surface area contributed by atoms with E-state index in [0.717, 1.165) is 19.0 Å². The molecule has 2 N–H and O–H groups in total. The molecule has 230 valence electrons. The van der Waals surface area contributed by atoms with Crippen molar-refractivity contribution in [3.05, 3.63) is 70.3 Å². The summed E-state index contributed by atoms with van der Waals surface area (Å²) in [6.45, 7) is 4.42. The summed E-state index contributed by atoms with van der Waals surface area (Å²) in [5.41, 5.74) is 1.73. The molecule has 2 heterocycles. The number of halogens is 6. The van der Waals surface area contributed by atoms with Gasteiger partial charge in [-0.2, -0.15) is 26.3 Å². The molecule has 1 unspecified atom stereocenters. The predicted octanol–water partition coefficient (Wildman–Crippen LogP) is 4.93. The Bertz CT molecular complexity index is 1290. The van der Waals surface area contributed by atoms with Crippen molar-refractivity contribution in [3.8, 4) is 0 Å². The number of nitrogens with zero attached hydrogens (tertiary/aromatic N) is 3. The standard InChI is InChI=1S/C26H25F6N3O4.C2H7N/c1-15-18(10-19(25(27,28)29)11-20(15)26(30,31)32)14-39-24(38)34-9-8-22(36)35-16(2)23(37)33(13-21(34)35)12-17-6-4-3-5-7-17;1-2-3/h3-7,10-11,16,21H,8-9,12-14H2,1-2H3;2-3H2,1H3/t16-,21?;/m0./s1. The van der Waals surface area contributed by atoms with E-state index < -0.39 is 59.5 Å². The lowest BCUT2D eigenvalue weighted by Crippen LogP contribution is -2.70. The topological polar surface area (TPSA) is 96.2 Å². The van der Waals surface area contributed by atoms with Crippen LogP contribution in [0.25, 0.3) is 0 Å². The van der Waals surface area contributed by atoms with E-state index in [2.05, 4.69) is 0 Å². The van der Waals surface area contributed by atoms with Crippen molar-refractivity contribution in [2.45, 2.75) is 64.9 Å². The Morgan fingerprint density at radius 1 is 1.05 bits per heavy atom. The predicted molar refractivity (Wildman–Crippen MR) is 139 cm³/mol. The van der Waals surface area contributed by atoms with Crippen LogP contribution in [0.5, 0.6) is 0 Å². The van der Waals surface area contributed by atoms with E-state index in [9.17, 15) is 40.7 Å². The number of piperazine rings is 1. The Balaban J connectivity index is 0.00000155. The zero-order valence-corrected chi connectivity index (χ0v) is 23.3. The molecule has 2 aromatic rings. The maximum Gasteiger partial charge on any atom is 0.416 e. The fourth-order valence-corrected chi connectivity index (χ4v) is 4.91. The van der Waals surface area contributed by atoms with Crippen molar-refractivity contribution in [3.63, 3.8) is 0 Å². The first-order chi connectivity index (χ1) is 19.6. The number of hydrogen-bond donors (Lipinski definition) is 1. The maximum atomic E-state index is 13.4. The first-order valence-electron chi connectivity index (χ1n) is 13.1. The summed E-state index contributed by atoms with van der Waals surface area (Å²) in [5.74, 6) is -0.675. The van der Waals surface area contributed by atoms with Gasteiger partial charge in [-0.05, 0) is 49.2 Å². The van der Waals surface area contributed by atoms with Crippen LogP contribution in [0.1, 0.15) is 48.1 Å². The van der Waals surface area contributed by atoms with Gasteiger partial charge in [0.25, 0.3) is 0 Å². The van der Waals surface area contributed by atoms with Crippen LogP contribution in [0, 0.1) is 6.92 Å². The van der Waals surface area contributed by atoms with Crippen molar-refractivity contribution < 1.29 is 45.5 Å². The third-order valence-corrected chi connectivity index (χ3v) is 6.96. The van der Waals surface area contributed by atoms with E-state index in [1.165, 1.54) is 21.6 Å². The van der Waals surface area contributed by atoms with Crippen molar-refractivity contribution in [2.24, 2.45) is 5.73 Å². The number of carbonyl (C=O) groups is 3. The Morgan fingerprint density at radius 2 is 1.67 bits per heavy atom. The molecule has 0 radical (unpaired) electrons. The summed E-state index contributed by atoms with van der Waals surface area (Å²) in [6, 6.07) is 8.69. The molecular weight excluding hydrogens is 570 g/mol. The average molecular weight is 603 g/mol. The highest BCUT2D eigenvalue weighted by Gasteiger charge is 2.47. The van der Waals surface area contributed by atoms with Crippen molar-refractivity contribution in [1.29, 1.82) is 0 Å². The van der Waals surface area contributed by atoms with E-state index >= 15 is 0 Å². The molecule has 2 atom stereocenters. The van der Waals surface area contributed by atoms with Gasteiger partial charge in [0.2, 0.25) is 11.8 Å². The number of fused-ring (bicyclic) bond motifs is 1. The minimum atomic E-state index is -5.05. The number of benzene rings is 2. The van der Waals surface area contributed by atoms with Crippen LogP contribution < -0.4 is 5.73 Å². The fraction of sp³-hybridized carbons (Fsp3) is 0.464. The number of nitrogens with two attached hydrogens (primary N) is 1. The Hall–Kier alpha value is -3.81. The van der Waals surface area contributed by atoms with Gasteiger partial charge in [0, 0.05) is 19.5 Å². The summed E-state index contributed by atoms with van der Waals surface area (Å²) in [5, 5.41) is 0. The molecular formula is C28H32F6N4O4. The minimum absolute atomic E-state index is 0.0243. The van der Waals surface area contributed by atoms with Gasteiger partial charge >= 0.3 is 18.4 Å². The van der Waals surface area contributed by atoms with Crippen LogP contribution in [-0.2, 0) is 39.8 Å². The number of amides is 3. The second kappa shape index (κ2) is 13.0. The van der Waals surface area contributed by atoms with Gasteiger partial charge in [-0.25, -0.2) is 4.79 Å². The lowest BCUT2D eigenvalue weighted by molar-refractivity contribution is -0.167. The van der Waals surface area contributed by atoms with Gasteiger partial charge in [0.15, 0.2) is 0 Å². The second-order valence-electron chi connectivity index (χ2n) is 9.87. The average Bonchev–Trinajstić information content (AvgIpc) is 2.90. The molecule has 2 aliphatic rings.